The molecule has 29 heavy (non-hydrogen) atoms. The summed E-state index contributed by atoms with van der Waals surface area (Å²) in [5.74, 6) is 1.11. The van der Waals surface area contributed by atoms with Crippen LogP contribution < -0.4 is 9.64 Å². The first kappa shape index (κ1) is 19.4. The van der Waals surface area contributed by atoms with Crippen LogP contribution in [0.1, 0.15) is 29.6 Å². The van der Waals surface area contributed by atoms with E-state index in [9.17, 15) is 4.79 Å². The number of methoxy groups -OCH3 is 2. The van der Waals surface area contributed by atoms with Crippen LogP contribution in [0, 0.1) is 0 Å². The molecule has 3 aromatic rings. The fourth-order valence-corrected chi connectivity index (χ4v) is 3.87. The lowest BCUT2D eigenvalue weighted by molar-refractivity contribution is -0.123. The Morgan fingerprint density at radius 3 is 2.38 bits per heavy atom. The first-order valence-corrected chi connectivity index (χ1v) is 9.60. The summed E-state index contributed by atoms with van der Waals surface area (Å²) in [6.45, 7) is -0.0375. The molecule has 0 aliphatic carbocycles. The van der Waals surface area contributed by atoms with Crippen LogP contribution in [0.4, 0.5) is 5.95 Å². The molecule has 1 aromatic heterocycles. The van der Waals surface area contributed by atoms with Gasteiger partial charge in [0, 0.05) is 12.1 Å². The largest absolute Gasteiger partial charge is 0.497 e. The van der Waals surface area contributed by atoms with Gasteiger partial charge in [-0.05, 0) is 41.8 Å². The van der Waals surface area contributed by atoms with E-state index in [1.54, 1.807) is 16.7 Å². The monoisotopic (exact) mass is 412 g/mol. The molecular formula is C21H21ClN4O3. The normalized spacial score (nSPS) is 18.4. The van der Waals surface area contributed by atoms with Gasteiger partial charge >= 0.3 is 0 Å². The Hall–Kier alpha value is -2.90. The lowest BCUT2D eigenvalue weighted by Gasteiger charge is -2.39. The van der Waals surface area contributed by atoms with E-state index in [1.807, 2.05) is 48.5 Å². The Labute approximate surface area is 173 Å². The lowest BCUT2D eigenvalue weighted by atomic mass is 9.92. The molecule has 0 radical (unpaired) electrons. The van der Waals surface area contributed by atoms with Crippen LogP contribution in [0.3, 0.4) is 0 Å². The first-order valence-electron chi connectivity index (χ1n) is 9.22. The summed E-state index contributed by atoms with van der Waals surface area (Å²) in [5.41, 5.74) is 2.04. The van der Waals surface area contributed by atoms with E-state index in [0.717, 1.165) is 16.9 Å². The number of carbonyl (C=O) groups excluding carboxylic acids is 1. The molecule has 150 valence electrons. The zero-order valence-corrected chi connectivity index (χ0v) is 16.9. The molecule has 8 heteroatoms. The van der Waals surface area contributed by atoms with Crippen molar-refractivity contribution in [2.75, 3.05) is 25.7 Å². The fourth-order valence-electron chi connectivity index (χ4n) is 3.74. The van der Waals surface area contributed by atoms with Crippen LogP contribution in [0.5, 0.6) is 5.75 Å². The second kappa shape index (κ2) is 8.23. The molecule has 0 saturated carbocycles. The number of nitrogens with zero attached hydrogens (tertiary/aromatic N) is 4. The first-order chi connectivity index (χ1) is 14.1. The molecule has 0 N–H and O–H groups in total. The smallest absolute Gasteiger partial charge is 0.255 e. The minimum absolute atomic E-state index is 0.0375. The summed E-state index contributed by atoms with van der Waals surface area (Å²) in [6, 6.07) is 15.1. The Kier molecular flexibility index (Phi) is 5.51. The van der Waals surface area contributed by atoms with E-state index < -0.39 is 0 Å². The van der Waals surface area contributed by atoms with Gasteiger partial charge < -0.3 is 9.47 Å². The molecule has 1 aliphatic heterocycles. The number of anilines is 1. The molecule has 0 unspecified atom stereocenters. The van der Waals surface area contributed by atoms with Crippen LogP contribution in [0.15, 0.2) is 54.9 Å². The van der Waals surface area contributed by atoms with Crippen LogP contribution >= 0.6 is 11.6 Å². The summed E-state index contributed by atoms with van der Waals surface area (Å²) >= 11 is 6.08. The van der Waals surface area contributed by atoms with Crippen molar-refractivity contribution in [1.82, 2.24) is 14.8 Å². The second-order valence-corrected chi connectivity index (χ2v) is 7.23. The van der Waals surface area contributed by atoms with Crippen LogP contribution in [0.25, 0.3) is 0 Å². The van der Waals surface area contributed by atoms with E-state index in [0.29, 0.717) is 17.4 Å². The molecule has 2 aromatic carbocycles. The fraction of sp³-hybridized carbons (Fsp3) is 0.286. The number of halogens is 1. The molecule has 4 rings (SSSR count). The van der Waals surface area contributed by atoms with E-state index in [2.05, 4.69) is 10.1 Å². The van der Waals surface area contributed by atoms with Crippen molar-refractivity contribution in [2.45, 2.75) is 18.5 Å². The molecule has 0 fully saturated rings. The molecular weight excluding hydrogens is 392 g/mol. The third-order valence-corrected chi connectivity index (χ3v) is 5.37. The number of fused-ring (bicyclic) bond motifs is 1. The van der Waals surface area contributed by atoms with Gasteiger partial charge in [-0.1, -0.05) is 35.9 Å². The number of aromatic nitrogens is 3. The maximum absolute atomic E-state index is 12.9. The minimum atomic E-state index is -0.223. The van der Waals surface area contributed by atoms with E-state index in [1.165, 1.54) is 13.4 Å². The molecule has 0 bridgehead atoms. The summed E-state index contributed by atoms with van der Waals surface area (Å²) in [4.78, 5) is 19.0. The van der Waals surface area contributed by atoms with Gasteiger partial charge in [0.25, 0.3) is 5.91 Å². The van der Waals surface area contributed by atoms with Crippen LogP contribution in [-0.4, -0.2) is 41.5 Å². The average Bonchev–Trinajstić information content (AvgIpc) is 3.23. The van der Waals surface area contributed by atoms with Crippen molar-refractivity contribution in [3.8, 4) is 5.75 Å². The molecule has 2 atom stereocenters. The Balaban J connectivity index is 1.79. The summed E-state index contributed by atoms with van der Waals surface area (Å²) < 4.78 is 12.2. The number of carbonyl (C=O) groups is 1. The van der Waals surface area contributed by atoms with Gasteiger partial charge in [-0.15, -0.1) is 0 Å². The quantitative estimate of drug-likeness (QED) is 0.639. The standard InChI is InChI=1S/C21H21ClN4O3/c1-28-12-20(27)25-18(14-3-7-16(22)8-4-14)11-19(26-21(25)23-13-24-26)15-5-9-17(29-2)10-6-15/h3-10,13,18-19H,11-12H2,1-2H3/t18-,19-/m1/s1. The van der Waals surface area contributed by atoms with Crippen molar-refractivity contribution in [1.29, 1.82) is 0 Å². The Morgan fingerprint density at radius 1 is 1.07 bits per heavy atom. The predicted molar refractivity (Wildman–Crippen MR) is 109 cm³/mol. The third kappa shape index (κ3) is 3.71. The molecule has 0 spiro atoms. The van der Waals surface area contributed by atoms with E-state index >= 15 is 0 Å². The summed E-state index contributed by atoms with van der Waals surface area (Å²) in [6.07, 6.45) is 2.11. The van der Waals surface area contributed by atoms with Gasteiger partial charge in [-0.3, -0.25) is 9.69 Å². The van der Waals surface area contributed by atoms with Crippen molar-refractivity contribution < 1.29 is 14.3 Å². The highest BCUT2D eigenvalue weighted by Gasteiger charge is 2.39. The highest BCUT2D eigenvalue weighted by molar-refractivity contribution is 6.30. The number of amides is 1. The third-order valence-electron chi connectivity index (χ3n) is 5.11. The Morgan fingerprint density at radius 2 is 1.72 bits per heavy atom. The summed E-state index contributed by atoms with van der Waals surface area (Å²) in [7, 11) is 3.14. The van der Waals surface area contributed by atoms with Crippen molar-refractivity contribution in [2.24, 2.45) is 0 Å². The zero-order valence-electron chi connectivity index (χ0n) is 16.2. The lowest BCUT2D eigenvalue weighted by Crippen LogP contribution is -2.44. The van der Waals surface area contributed by atoms with Crippen LogP contribution in [0.2, 0.25) is 5.02 Å². The van der Waals surface area contributed by atoms with Gasteiger partial charge in [-0.2, -0.15) is 10.1 Å². The van der Waals surface area contributed by atoms with Gasteiger partial charge in [0.05, 0.1) is 19.2 Å². The maximum atomic E-state index is 12.9. The average molecular weight is 413 g/mol. The van der Waals surface area contributed by atoms with Crippen molar-refractivity contribution in [3.63, 3.8) is 0 Å². The molecule has 0 saturated heterocycles. The summed E-state index contributed by atoms with van der Waals surface area (Å²) in [5, 5.41) is 5.06. The SMILES string of the molecule is COCC(=O)N1c2ncnn2[C@@H](c2ccc(OC)cc2)C[C@@H]1c1ccc(Cl)cc1. The van der Waals surface area contributed by atoms with E-state index in [-0.39, 0.29) is 24.6 Å². The molecule has 7 nitrogen and oxygen atoms in total. The molecule has 2 heterocycles. The highest BCUT2D eigenvalue weighted by atomic mass is 35.5. The number of ether oxygens (including phenoxy) is 2. The minimum Gasteiger partial charge on any atom is -0.497 e. The van der Waals surface area contributed by atoms with Crippen LogP contribution in [-0.2, 0) is 9.53 Å². The second-order valence-electron chi connectivity index (χ2n) is 6.79. The zero-order chi connectivity index (χ0) is 20.4. The van der Waals surface area contributed by atoms with Crippen molar-refractivity contribution in [3.05, 3.63) is 71.0 Å². The topological polar surface area (TPSA) is 69.5 Å². The van der Waals surface area contributed by atoms with E-state index in [4.69, 9.17) is 21.1 Å². The molecule has 1 aliphatic rings. The highest BCUT2D eigenvalue weighted by Crippen LogP contribution is 2.42. The number of benzene rings is 2. The molecule has 1 amide bonds. The van der Waals surface area contributed by atoms with Gasteiger partial charge in [0.1, 0.15) is 18.7 Å². The van der Waals surface area contributed by atoms with Gasteiger partial charge in [0.15, 0.2) is 0 Å². The Bertz CT molecular complexity index is 988. The number of rotatable bonds is 5. The van der Waals surface area contributed by atoms with Gasteiger partial charge in [-0.25, -0.2) is 4.68 Å². The number of hydrogen-bond donors (Lipinski definition) is 0. The van der Waals surface area contributed by atoms with Crippen molar-refractivity contribution >= 4 is 23.5 Å². The predicted octanol–water partition coefficient (Wildman–Crippen LogP) is 3.65. The maximum Gasteiger partial charge on any atom is 0.255 e. The van der Waals surface area contributed by atoms with Gasteiger partial charge in [0.2, 0.25) is 5.95 Å². The number of hydrogen-bond acceptors (Lipinski definition) is 5.